The third-order valence-electron chi connectivity index (χ3n) is 1.90. The molecule has 1 aromatic heterocycles. The van der Waals surface area contributed by atoms with Crippen LogP contribution in [-0.2, 0) is 5.54 Å². The molecule has 3 heteroatoms. The smallest absolute Gasteiger partial charge is 0.0651 e. The second-order valence-corrected chi connectivity index (χ2v) is 3.26. The minimum atomic E-state index is -0.680. The standard InChI is InChI=1S/C9H14N2O/c1-7-3-4-8(5-11-7)9(2,10)6-12/h3-5,12H,6,10H2,1-2H3. The molecule has 3 nitrogen and oxygen atoms in total. The number of nitrogens with two attached hydrogens (primary N) is 1. The zero-order valence-electron chi connectivity index (χ0n) is 7.41. The number of pyridine rings is 1. The van der Waals surface area contributed by atoms with E-state index in [1.807, 2.05) is 19.1 Å². The first-order valence-electron chi connectivity index (χ1n) is 3.89. The van der Waals surface area contributed by atoms with Gasteiger partial charge in [-0.1, -0.05) is 6.07 Å². The number of rotatable bonds is 2. The van der Waals surface area contributed by atoms with Crippen molar-refractivity contribution < 1.29 is 5.11 Å². The first-order valence-corrected chi connectivity index (χ1v) is 3.89. The molecule has 0 spiro atoms. The van der Waals surface area contributed by atoms with E-state index in [1.54, 1.807) is 13.1 Å². The summed E-state index contributed by atoms with van der Waals surface area (Å²) in [5.41, 5.74) is 6.93. The maximum atomic E-state index is 8.96. The summed E-state index contributed by atoms with van der Waals surface area (Å²) in [5.74, 6) is 0. The van der Waals surface area contributed by atoms with Gasteiger partial charge < -0.3 is 10.8 Å². The fourth-order valence-corrected chi connectivity index (χ4v) is 0.897. The van der Waals surface area contributed by atoms with Crippen LogP contribution in [0.5, 0.6) is 0 Å². The first-order chi connectivity index (χ1) is 5.56. The van der Waals surface area contributed by atoms with Crippen LogP contribution in [0.4, 0.5) is 0 Å². The molecule has 1 aromatic rings. The lowest BCUT2D eigenvalue weighted by atomic mass is 9.96. The minimum absolute atomic E-state index is 0.0717. The van der Waals surface area contributed by atoms with Crippen LogP contribution in [0.25, 0.3) is 0 Å². The molecule has 0 radical (unpaired) electrons. The Labute approximate surface area is 72.2 Å². The highest BCUT2D eigenvalue weighted by Crippen LogP contribution is 2.15. The van der Waals surface area contributed by atoms with Gasteiger partial charge in [0.1, 0.15) is 0 Å². The molecular weight excluding hydrogens is 152 g/mol. The molecule has 1 atom stereocenters. The Hall–Kier alpha value is -0.930. The average molecular weight is 166 g/mol. The van der Waals surface area contributed by atoms with E-state index in [2.05, 4.69) is 4.98 Å². The summed E-state index contributed by atoms with van der Waals surface area (Å²) in [7, 11) is 0. The Bertz CT molecular complexity index is 254. The second kappa shape index (κ2) is 3.21. The van der Waals surface area contributed by atoms with Crippen LogP contribution in [0.1, 0.15) is 18.2 Å². The van der Waals surface area contributed by atoms with Crippen LogP contribution >= 0.6 is 0 Å². The maximum Gasteiger partial charge on any atom is 0.0651 e. The van der Waals surface area contributed by atoms with Gasteiger partial charge in [0.05, 0.1) is 12.1 Å². The maximum absolute atomic E-state index is 8.96. The molecule has 0 fully saturated rings. The second-order valence-electron chi connectivity index (χ2n) is 3.26. The van der Waals surface area contributed by atoms with E-state index in [-0.39, 0.29) is 6.61 Å². The van der Waals surface area contributed by atoms with E-state index in [0.29, 0.717) is 0 Å². The third kappa shape index (κ3) is 1.81. The van der Waals surface area contributed by atoms with Gasteiger partial charge in [0.25, 0.3) is 0 Å². The van der Waals surface area contributed by atoms with E-state index in [1.165, 1.54) is 0 Å². The monoisotopic (exact) mass is 166 g/mol. The quantitative estimate of drug-likeness (QED) is 0.674. The molecule has 3 N–H and O–H groups in total. The van der Waals surface area contributed by atoms with E-state index >= 15 is 0 Å². The van der Waals surface area contributed by atoms with E-state index in [9.17, 15) is 0 Å². The normalized spacial score (nSPS) is 15.7. The lowest BCUT2D eigenvalue weighted by Gasteiger charge is -2.21. The highest BCUT2D eigenvalue weighted by Gasteiger charge is 2.19. The molecule has 0 aliphatic carbocycles. The molecular formula is C9H14N2O. The van der Waals surface area contributed by atoms with Gasteiger partial charge in [0, 0.05) is 11.9 Å². The zero-order valence-corrected chi connectivity index (χ0v) is 7.41. The number of hydrogen-bond donors (Lipinski definition) is 2. The van der Waals surface area contributed by atoms with Crippen LogP contribution in [-0.4, -0.2) is 16.7 Å². The van der Waals surface area contributed by atoms with Crippen molar-refractivity contribution in [3.8, 4) is 0 Å². The molecule has 0 saturated carbocycles. The fraction of sp³-hybridized carbons (Fsp3) is 0.444. The topological polar surface area (TPSA) is 59.1 Å². The predicted octanol–water partition coefficient (Wildman–Crippen LogP) is 0.556. The molecule has 0 aliphatic rings. The number of aliphatic hydroxyl groups excluding tert-OH is 1. The molecule has 1 heterocycles. The highest BCUT2D eigenvalue weighted by molar-refractivity contribution is 5.21. The molecule has 0 bridgehead atoms. The predicted molar refractivity (Wildman–Crippen MR) is 47.6 cm³/mol. The number of aromatic nitrogens is 1. The minimum Gasteiger partial charge on any atom is -0.394 e. The summed E-state index contributed by atoms with van der Waals surface area (Å²) < 4.78 is 0. The van der Waals surface area contributed by atoms with Crippen molar-refractivity contribution in [2.75, 3.05) is 6.61 Å². The van der Waals surface area contributed by atoms with Crippen molar-refractivity contribution in [2.24, 2.45) is 5.73 Å². The number of nitrogens with zero attached hydrogens (tertiary/aromatic N) is 1. The molecule has 0 saturated heterocycles. The average Bonchev–Trinajstić information content (AvgIpc) is 2.05. The molecule has 1 unspecified atom stereocenters. The van der Waals surface area contributed by atoms with Gasteiger partial charge in [0.2, 0.25) is 0 Å². The summed E-state index contributed by atoms with van der Waals surface area (Å²) in [6.07, 6.45) is 1.70. The summed E-state index contributed by atoms with van der Waals surface area (Å²) in [6.45, 7) is 3.62. The third-order valence-corrected chi connectivity index (χ3v) is 1.90. The summed E-state index contributed by atoms with van der Waals surface area (Å²) >= 11 is 0. The Morgan fingerprint density at radius 2 is 2.25 bits per heavy atom. The van der Waals surface area contributed by atoms with Crippen molar-refractivity contribution >= 4 is 0 Å². The van der Waals surface area contributed by atoms with Crippen LogP contribution in [0.2, 0.25) is 0 Å². The van der Waals surface area contributed by atoms with Crippen LogP contribution in [0.3, 0.4) is 0 Å². The Balaban J connectivity index is 2.96. The molecule has 66 valence electrons. The fourth-order valence-electron chi connectivity index (χ4n) is 0.897. The highest BCUT2D eigenvalue weighted by atomic mass is 16.3. The summed E-state index contributed by atoms with van der Waals surface area (Å²) in [4.78, 5) is 4.10. The summed E-state index contributed by atoms with van der Waals surface area (Å²) in [5, 5.41) is 8.96. The lowest BCUT2D eigenvalue weighted by molar-refractivity contribution is 0.210. The van der Waals surface area contributed by atoms with Crippen molar-refractivity contribution in [3.63, 3.8) is 0 Å². The first kappa shape index (κ1) is 9.16. The van der Waals surface area contributed by atoms with Gasteiger partial charge in [-0.25, -0.2) is 0 Å². The molecule has 0 aliphatic heterocycles. The van der Waals surface area contributed by atoms with Crippen molar-refractivity contribution in [3.05, 3.63) is 29.6 Å². The van der Waals surface area contributed by atoms with Crippen molar-refractivity contribution in [2.45, 2.75) is 19.4 Å². The molecule has 12 heavy (non-hydrogen) atoms. The Morgan fingerprint density at radius 3 is 2.67 bits per heavy atom. The Morgan fingerprint density at radius 1 is 1.58 bits per heavy atom. The van der Waals surface area contributed by atoms with Crippen molar-refractivity contribution in [1.82, 2.24) is 4.98 Å². The number of hydrogen-bond acceptors (Lipinski definition) is 3. The molecule has 0 amide bonds. The SMILES string of the molecule is Cc1ccc(C(C)(N)CO)cn1. The van der Waals surface area contributed by atoms with Crippen LogP contribution in [0.15, 0.2) is 18.3 Å². The number of aryl methyl sites for hydroxylation is 1. The van der Waals surface area contributed by atoms with Gasteiger partial charge in [-0.2, -0.15) is 0 Å². The van der Waals surface area contributed by atoms with Crippen molar-refractivity contribution in [1.29, 1.82) is 0 Å². The van der Waals surface area contributed by atoms with Gasteiger partial charge in [0.15, 0.2) is 0 Å². The molecule has 1 rings (SSSR count). The van der Waals surface area contributed by atoms with Gasteiger partial charge >= 0.3 is 0 Å². The van der Waals surface area contributed by atoms with Gasteiger partial charge in [-0.3, -0.25) is 4.98 Å². The lowest BCUT2D eigenvalue weighted by Crippen LogP contribution is -2.37. The van der Waals surface area contributed by atoms with E-state index in [0.717, 1.165) is 11.3 Å². The van der Waals surface area contributed by atoms with Gasteiger partial charge in [-0.15, -0.1) is 0 Å². The van der Waals surface area contributed by atoms with E-state index in [4.69, 9.17) is 10.8 Å². The summed E-state index contributed by atoms with van der Waals surface area (Å²) in [6, 6.07) is 3.77. The molecule has 0 aromatic carbocycles. The zero-order chi connectivity index (χ0) is 9.19. The van der Waals surface area contributed by atoms with Gasteiger partial charge in [-0.05, 0) is 25.5 Å². The van der Waals surface area contributed by atoms with E-state index < -0.39 is 5.54 Å². The number of aliphatic hydroxyl groups is 1. The van der Waals surface area contributed by atoms with Crippen LogP contribution in [0, 0.1) is 6.92 Å². The largest absolute Gasteiger partial charge is 0.394 e. The Kier molecular flexibility index (Phi) is 2.45. The van der Waals surface area contributed by atoms with Crippen LogP contribution < -0.4 is 5.73 Å².